The van der Waals surface area contributed by atoms with Crippen LogP contribution in [-0.2, 0) is 13.1 Å². The first-order chi connectivity index (χ1) is 13.3. The van der Waals surface area contributed by atoms with Crippen LogP contribution in [0.5, 0.6) is 11.5 Å². The summed E-state index contributed by atoms with van der Waals surface area (Å²) in [6, 6.07) is 21.5. The number of benzene rings is 2. The van der Waals surface area contributed by atoms with E-state index in [4.69, 9.17) is 9.47 Å². The minimum atomic E-state index is 0.232. The van der Waals surface area contributed by atoms with Crippen molar-refractivity contribution in [3.63, 3.8) is 0 Å². The van der Waals surface area contributed by atoms with Crippen LogP contribution in [0.25, 0.3) is 0 Å². The highest BCUT2D eigenvalue weighted by atomic mass is 16.5. The Kier molecular flexibility index (Phi) is 5.16. The Labute approximate surface area is 161 Å². The molecule has 0 spiro atoms. The summed E-state index contributed by atoms with van der Waals surface area (Å²) in [6.45, 7) is 3.03. The topological polar surface area (TPSA) is 26.6 Å². The molecule has 0 saturated heterocycles. The highest BCUT2D eigenvalue weighted by molar-refractivity contribution is 5.35. The molecule has 0 N–H and O–H groups in total. The smallest absolute Gasteiger partial charge is 0.118 e. The van der Waals surface area contributed by atoms with Gasteiger partial charge in [0.1, 0.15) is 11.5 Å². The van der Waals surface area contributed by atoms with E-state index < -0.39 is 0 Å². The molecule has 27 heavy (non-hydrogen) atoms. The van der Waals surface area contributed by atoms with Gasteiger partial charge < -0.3 is 14.0 Å². The molecule has 0 amide bonds. The summed E-state index contributed by atoms with van der Waals surface area (Å²) in [6.07, 6.45) is 3.34. The van der Waals surface area contributed by atoms with Crippen molar-refractivity contribution in [3.05, 3.63) is 83.7 Å². The van der Waals surface area contributed by atoms with Gasteiger partial charge in [-0.15, -0.1) is 0 Å². The lowest BCUT2D eigenvalue weighted by Crippen LogP contribution is -2.29. The number of fused-ring (bicyclic) bond motifs is 1. The number of rotatable bonds is 5. The Hall–Kier alpha value is -2.72. The van der Waals surface area contributed by atoms with Gasteiger partial charge in [-0.25, -0.2) is 0 Å². The second-order valence-electron chi connectivity index (χ2n) is 6.97. The van der Waals surface area contributed by atoms with Gasteiger partial charge in [0.15, 0.2) is 0 Å². The number of methoxy groups -OCH3 is 2. The van der Waals surface area contributed by atoms with Crippen LogP contribution in [0.1, 0.15) is 29.3 Å². The normalized spacial score (nSPS) is 17.2. The maximum atomic E-state index is 5.35. The molecule has 0 aliphatic carbocycles. The summed E-state index contributed by atoms with van der Waals surface area (Å²) < 4.78 is 13.0. The van der Waals surface area contributed by atoms with Gasteiger partial charge in [-0.1, -0.05) is 24.3 Å². The quantitative estimate of drug-likeness (QED) is 0.668. The van der Waals surface area contributed by atoms with Crippen LogP contribution in [0.15, 0.2) is 66.9 Å². The number of aromatic nitrogens is 1. The molecule has 1 aliphatic heterocycles. The predicted molar refractivity (Wildman–Crippen MR) is 107 cm³/mol. The van der Waals surface area contributed by atoms with Crippen LogP contribution >= 0.6 is 0 Å². The van der Waals surface area contributed by atoms with E-state index in [0.717, 1.165) is 37.6 Å². The van der Waals surface area contributed by atoms with Gasteiger partial charge in [-0.05, 0) is 53.9 Å². The fourth-order valence-corrected chi connectivity index (χ4v) is 3.94. The van der Waals surface area contributed by atoms with Crippen molar-refractivity contribution >= 4 is 0 Å². The highest BCUT2D eigenvalue weighted by Crippen LogP contribution is 2.34. The van der Waals surface area contributed by atoms with Crippen molar-refractivity contribution in [2.75, 3.05) is 20.8 Å². The second-order valence-corrected chi connectivity index (χ2v) is 6.97. The SMILES string of the molecule is COc1ccc(CN2CCCn3cccc3[C@@H]2c2ccc(OC)cc2)cc1. The largest absolute Gasteiger partial charge is 0.497 e. The molecule has 4 rings (SSSR count). The summed E-state index contributed by atoms with van der Waals surface area (Å²) in [5.74, 6) is 1.79. The number of ether oxygens (including phenoxy) is 2. The third kappa shape index (κ3) is 3.71. The highest BCUT2D eigenvalue weighted by Gasteiger charge is 2.27. The van der Waals surface area contributed by atoms with Gasteiger partial charge in [0.05, 0.1) is 20.3 Å². The average Bonchev–Trinajstić information content (AvgIpc) is 3.10. The standard InChI is InChI=1S/C23H26N2O2/c1-26-20-10-6-18(7-11-20)17-25-16-4-15-24-14-3-5-22(24)23(25)19-8-12-21(27-2)13-9-19/h3,5-14,23H,4,15-17H2,1-2H3/t23-/m0/s1. The molecule has 4 heteroatoms. The fourth-order valence-electron chi connectivity index (χ4n) is 3.94. The summed E-state index contributed by atoms with van der Waals surface area (Å²) >= 11 is 0. The Morgan fingerprint density at radius 3 is 2.19 bits per heavy atom. The zero-order valence-corrected chi connectivity index (χ0v) is 16.0. The summed E-state index contributed by atoms with van der Waals surface area (Å²) in [4.78, 5) is 2.57. The number of nitrogens with zero attached hydrogens (tertiary/aromatic N) is 2. The van der Waals surface area contributed by atoms with E-state index in [1.165, 1.54) is 16.8 Å². The molecular formula is C23H26N2O2. The Morgan fingerprint density at radius 1 is 0.852 bits per heavy atom. The molecule has 1 atom stereocenters. The minimum Gasteiger partial charge on any atom is -0.497 e. The lowest BCUT2D eigenvalue weighted by Gasteiger charge is -2.31. The molecule has 2 aromatic carbocycles. The Balaban J connectivity index is 1.68. The number of hydrogen-bond donors (Lipinski definition) is 0. The Bertz CT molecular complexity index is 868. The van der Waals surface area contributed by atoms with Crippen molar-refractivity contribution in [2.24, 2.45) is 0 Å². The summed E-state index contributed by atoms with van der Waals surface area (Å²) in [5.41, 5.74) is 3.95. The Morgan fingerprint density at radius 2 is 1.52 bits per heavy atom. The molecule has 0 unspecified atom stereocenters. The average molecular weight is 362 g/mol. The zero-order valence-electron chi connectivity index (χ0n) is 16.0. The molecule has 0 fully saturated rings. The second kappa shape index (κ2) is 7.89. The lowest BCUT2D eigenvalue weighted by molar-refractivity contribution is 0.220. The molecule has 1 aromatic heterocycles. The van der Waals surface area contributed by atoms with Crippen LogP contribution in [-0.4, -0.2) is 30.2 Å². The molecule has 140 valence electrons. The van der Waals surface area contributed by atoms with E-state index in [1.54, 1.807) is 14.2 Å². The van der Waals surface area contributed by atoms with Crippen LogP contribution in [0.3, 0.4) is 0 Å². The van der Waals surface area contributed by atoms with E-state index in [-0.39, 0.29) is 6.04 Å². The molecule has 0 bridgehead atoms. The van der Waals surface area contributed by atoms with Crippen LogP contribution < -0.4 is 9.47 Å². The molecule has 3 aromatic rings. The van der Waals surface area contributed by atoms with Gasteiger partial charge >= 0.3 is 0 Å². The third-order valence-electron chi connectivity index (χ3n) is 5.33. The van der Waals surface area contributed by atoms with Crippen molar-refractivity contribution in [3.8, 4) is 11.5 Å². The fraction of sp³-hybridized carbons (Fsp3) is 0.304. The third-order valence-corrected chi connectivity index (χ3v) is 5.33. The maximum absolute atomic E-state index is 5.35. The lowest BCUT2D eigenvalue weighted by atomic mass is 10.0. The van der Waals surface area contributed by atoms with Gasteiger partial charge in [0.25, 0.3) is 0 Å². The van der Waals surface area contributed by atoms with E-state index in [1.807, 2.05) is 12.1 Å². The molecule has 1 aliphatic rings. The van der Waals surface area contributed by atoms with Gasteiger partial charge in [-0.3, -0.25) is 4.90 Å². The van der Waals surface area contributed by atoms with E-state index >= 15 is 0 Å². The molecular weight excluding hydrogens is 336 g/mol. The van der Waals surface area contributed by atoms with Gasteiger partial charge in [0, 0.05) is 31.5 Å². The van der Waals surface area contributed by atoms with Gasteiger partial charge in [0.2, 0.25) is 0 Å². The first-order valence-corrected chi connectivity index (χ1v) is 9.44. The van der Waals surface area contributed by atoms with Crippen molar-refractivity contribution in [1.82, 2.24) is 9.47 Å². The van der Waals surface area contributed by atoms with E-state index in [0.29, 0.717) is 0 Å². The molecule has 4 nitrogen and oxygen atoms in total. The zero-order chi connectivity index (χ0) is 18.6. The van der Waals surface area contributed by atoms with Crippen molar-refractivity contribution in [2.45, 2.75) is 25.6 Å². The monoisotopic (exact) mass is 362 g/mol. The molecule has 0 saturated carbocycles. The van der Waals surface area contributed by atoms with Crippen molar-refractivity contribution in [1.29, 1.82) is 0 Å². The molecule has 0 radical (unpaired) electrons. The first-order valence-electron chi connectivity index (χ1n) is 9.44. The van der Waals surface area contributed by atoms with Crippen LogP contribution in [0.2, 0.25) is 0 Å². The van der Waals surface area contributed by atoms with E-state index in [2.05, 4.69) is 64.2 Å². The summed E-state index contributed by atoms with van der Waals surface area (Å²) in [7, 11) is 3.42. The van der Waals surface area contributed by atoms with Crippen LogP contribution in [0.4, 0.5) is 0 Å². The summed E-state index contributed by atoms with van der Waals surface area (Å²) in [5, 5.41) is 0. The van der Waals surface area contributed by atoms with Crippen molar-refractivity contribution < 1.29 is 9.47 Å². The molecule has 2 heterocycles. The van der Waals surface area contributed by atoms with Gasteiger partial charge in [-0.2, -0.15) is 0 Å². The first kappa shape index (κ1) is 17.7. The number of aryl methyl sites for hydroxylation is 1. The minimum absolute atomic E-state index is 0.232. The number of hydrogen-bond acceptors (Lipinski definition) is 3. The maximum Gasteiger partial charge on any atom is 0.118 e. The predicted octanol–water partition coefficient (Wildman–Crippen LogP) is 4.50. The van der Waals surface area contributed by atoms with Crippen LogP contribution in [0, 0.1) is 0 Å². The van der Waals surface area contributed by atoms with E-state index in [9.17, 15) is 0 Å².